The standard InChI is InChI=1S/C12H10N4O3/c17-6-8-1-3-9(4-2-8)19-11-5-10-14-15-12(18)16(10)7-13-11/h1-5,7,17H,6H2,(H,15,18). The average molecular weight is 258 g/mol. The molecule has 2 N–H and O–H groups in total. The second-order valence-electron chi connectivity index (χ2n) is 3.89. The molecule has 0 fully saturated rings. The second kappa shape index (κ2) is 4.54. The fraction of sp³-hybridized carbons (Fsp3) is 0.0833. The molecule has 2 aromatic heterocycles. The second-order valence-corrected chi connectivity index (χ2v) is 3.89. The van der Waals surface area contributed by atoms with Crippen LogP contribution in [0, 0.1) is 0 Å². The van der Waals surface area contributed by atoms with Crippen molar-refractivity contribution < 1.29 is 9.84 Å². The Hall–Kier alpha value is -2.67. The van der Waals surface area contributed by atoms with E-state index in [4.69, 9.17) is 9.84 Å². The van der Waals surface area contributed by atoms with E-state index < -0.39 is 0 Å². The molecule has 2 heterocycles. The smallest absolute Gasteiger partial charge is 0.348 e. The van der Waals surface area contributed by atoms with Gasteiger partial charge in [-0.05, 0) is 17.7 Å². The van der Waals surface area contributed by atoms with Crippen molar-refractivity contribution in [2.45, 2.75) is 6.61 Å². The number of aliphatic hydroxyl groups is 1. The van der Waals surface area contributed by atoms with Gasteiger partial charge in [0.2, 0.25) is 5.88 Å². The normalized spacial score (nSPS) is 10.8. The lowest BCUT2D eigenvalue weighted by Crippen LogP contribution is -2.09. The molecule has 0 aliphatic rings. The lowest BCUT2D eigenvalue weighted by atomic mass is 10.2. The fourth-order valence-electron chi connectivity index (χ4n) is 1.63. The lowest BCUT2D eigenvalue weighted by molar-refractivity contribution is 0.281. The van der Waals surface area contributed by atoms with E-state index in [2.05, 4.69) is 15.2 Å². The minimum absolute atomic E-state index is 0.0132. The number of aliphatic hydroxyl groups excluding tert-OH is 1. The number of fused-ring (bicyclic) bond motifs is 1. The first-order chi connectivity index (χ1) is 9.26. The van der Waals surface area contributed by atoms with Crippen LogP contribution in [0.5, 0.6) is 11.6 Å². The molecule has 0 atom stereocenters. The zero-order valence-corrected chi connectivity index (χ0v) is 9.78. The van der Waals surface area contributed by atoms with Crippen LogP contribution in [0.25, 0.3) is 5.65 Å². The van der Waals surface area contributed by atoms with Gasteiger partial charge in [0.1, 0.15) is 12.1 Å². The van der Waals surface area contributed by atoms with Crippen molar-refractivity contribution in [3.8, 4) is 11.6 Å². The number of H-pyrrole nitrogens is 1. The van der Waals surface area contributed by atoms with Crippen molar-refractivity contribution in [3.63, 3.8) is 0 Å². The van der Waals surface area contributed by atoms with Crippen LogP contribution < -0.4 is 10.4 Å². The highest BCUT2D eigenvalue weighted by Crippen LogP contribution is 2.19. The number of aromatic nitrogens is 4. The van der Waals surface area contributed by atoms with Crippen molar-refractivity contribution in [2.24, 2.45) is 0 Å². The molecule has 0 amide bonds. The molecule has 0 aliphatic carbocycles. The molecule has 19 heavy (non-hydrogen) atoms. The quantitative estimate of drug-likeness (QED) is 0.721. The van der Waals surface area contributed by atoms with Gasteiger partial charge in [-0.3, -0.25) is 0 Å². The monoisotopic (exact) mass is 258 g/mol. The summed E-state index contributed by atoms with van der Waals surface area (Å²) in [4.78, 5) is 15.3. The number of ether oxygens (including phenoxy) is 1. The Morgan fingerprint density at radius 3 is 2.84 bits per heavy atom. The maximum Gasteiger partial charge on any atom is 0.348 e. The molecule has 3 aromatic rings. The molecule has 96 valence electrons. The van der Waals surface area contributed by atoms with Crippen molar-refractivity contribution in [2.75, 3.05) is 0 Å². The van der Waals surface area contributed by atoms with Crippen LogP contribution in [-0.4, -0.2) is 24.7 Å². The number of hydrogen-bond donors (Lipinski definition) is 2. The van der Waals surface area contributed by atoms with E-state index in [9.17, 15) is 4.79 Å². The van der Waals surface area contributed by atoms with Gasteiger partial charge in [-0.1, -0.05) is 12.1 Å². The lowest BCUT2D eigenvalue weighted by Gasteiger charge is -2.04. The molecule has 0 bridgehead atoms. The molecule has 1 aromatic carbocycles. The maximum atomic E-state index is 11.3. The maximum absolute atomic E-state index is 11.3. The van der Waals surface area contributed by atoms with Gasteiger partial charge >= 0.3 is 5.69 Å². The average Bonchev–Trinajstić information content (AvgIpc) is 2.81. The molecule has 7 heteroatoms. The molecule has 0 radical (unpaired) electrons. The fourth-order valence-corrected chi connectivity index (χ4v) is 1.63. The van der Waals surface area contributed by atoms with Gasteiger partial charge in [0.15, 0.2) is 5.65 Å². The zero-order chi connectivity index (χ0) is 13.2. The number of benzene rings is 1. The van der Waals surface area contributed by atoms with Gasteiger partial charge < -0.3 is 9.84 Å². The minimum atomic E-state index is -0.346. The Balaban J connectivity index is 1.89. The Morgan fingerprint density at radius 1 is 1.32 bits per heavy atom. The number of nitrogens with zero attached hydrogens (tertiary/aromatic N) is 3. The summed E-state index contributed by atoms with van der Waals surface area (Å²) in [6.07, 6.45) is 1.35. The highest BCUT2D eigenvalue weighted by Gasteiger charge is 2.04. The highest BCUT2D eigenvalue weighted by atomic mass is 16.5. The van der Waals surface area contributed by atoms with Crippen LogP contribution >= 0.6 is 0 Å². The third-order valence-electron chi connectivity index (χ3n) is 2.61. The number of aromatic amines is 1. The largest absolute Gasteiger partial charge is 0.439 e. The summed E-state index contributed by atoms with van der Waals surface area (Å²) in [5.74, 6) is 0.926. The predicted octanol–water partition coefficient (Wildman–Crippen LogP) is 0.702. The SMILES string of the molecule is O=c1[nH]nc2cc(Oc3ccc(CO)cc3)ncn12. The molecule has 0 unspecified atom stereocenters. The number of nitrogens with one attached hydrogen (secondary N) is 1. The van der Waals surface area contributed by atoms with Crippen LogP contribution in [-0.2, 0) is 6.61 Å². The van der Waals surface area contributed by atoms with E-state index in [-0.39, 0.29) is 12.3 Å². The molecular formula is C12H10N4O3. The summed E-state index contributed by atoms with van der Waals surface area (Å²) in [5, 5.41) is 15.1. The van der Waals surface area contributed by atoms with Gasteiger partial charge in [0, 0.05) is 6.07 Å². The van der Waals surface area contributed by atoms with E-state index in [1.807, 2.05) is 0 Å². The van der Waals surface area contributed by atoms with E-state index in [0.717, 1.165) is 5.56 Å². The summed E-state index contributed by atoms with van der Waals surface area (Å²) in [6, 6.07) is 8.53. The Morgan fingerprint density at radius 2 is 2.11 bits per heavy atom. The highest BCUT2D eigenvalue weighted by molar-refractivity contribution is 5.40. The Labute approximate surface area is 107 Å². The molecule has 0 spiro atoms. The van der Waals surface area contributed by atoms with E-state index >= 15 is 0 Å². The Bertz CT molecular complexity index is 760. The van der Waals surface area contributed by atoms with Gasteiger partial charge in [-0.25, -0.2) is 19.3 Å². The third kappa shape index (κ3) is 2.18. The van der Waals surface area contributed by atoms with E-state index in [1.165, 1.54) is 10.7 Å². The summed E-state index contributed by atoms with van der Waals surface area (Å²) < 4.78 is 6.81. The van der Waals surface area contributed by atoms with Gasteiger partial charge in [-0.2, -0.15) is 5.10 Å². The number of rotatable bonds is 3. The molecule has 0 saturated carbocycles. The van der Waals surface area contributed by atoms with Crippen LogP contribution in [0.3, 0.4) is 0 Å². The molecular weight excluding hydrogens is 248 g/mol. The van der Waals surface area contributed by atoms with Gasteiger partial charge in [-0.15, -0.1) is 0 Å². The number of hydrogen-bond acceptors (Lipinski definition) is 5. The van der Waals surface area contributed by atoms with E-state index in [0.29, 0.717) is 17.3 Å². The zero-order valence-electron chi connectivity index (χ0n) is 9.78. The Kier molecular flexibility index (Phi) is 2.73. The van der Waals surface area contributed by atoms with Crippen LogP contribution in [0.4, 0.5) is 0 Å². The van der Waals surface area contributed by atoms with Crippen LogP contribution in [0.1, 0.15) is 5.56 Å². The topological polar surface area (TPSA) is 92.5 Å². The van der Waals surface area contributed by atoms with Crippen LogP contribution in [0.15, 0.2) is 41.5 Å². The van der Waals surface area contributed by atoms with Gasteiger partial charge in [0.25, 0.3) is 0 Å². The molecule has 0 saturated heterocycles. The van der Waals surface area contributed by atoms with Crippen molar-refractivity contribution >= 4 is 5.65 Å². The van der Waals surface area contributed by atoms with E-state index in [1.54, 1.807) is 30.3 Å². The van der Waals surface area contributed by atoms with Crippen molar-refractivity contribution in [3.05, 3.63) is 52.7 Å². The van der Waals surface area contributed by atoms with Crippen LogP contribution in [0.2, 0.25) is 0 Å². The first kappa shape index (κ1) is 11.4. The van der Waals surface area contributed by atoms with Crippen molar-refractivity contribution in [1.82, 2.24) is 19.6 Å². The molecule has 7 nitrogen and oxygen atoms in total. The summed E-state index contributed by atoms with van der Waals surface area (Å²) in [7, 11) is 0. The minimum Gasteiger partial charge on any atom is -0.439 e. The van der Waals surface area contributed by atoms with Crippen molar-refractivity contribution in [1.29, 1.82) is 0 Å². The summed E-state index contributed by atoms with van der Waals surface area (Å²) in [5.41, 5.74) is 0.887. The third-order valence-corrected chi connectivity index (χ3v) is 2.61. The summed E-state index contributed by atoms with van der Waals surface area (Å²) in [6.45, 7) is -0.0132. The molecule has 0 aliphatic heterocycles. The first-order valence-corrected chi connectivity index (χ1v) is 5.57. The van der Waals surface area contributed by atoms with Gasteiger partial charge in [0.05, 0.1) is 6.61 Å². The predicted molar refractivity (Wildman–Crippen MR) is 66.0 cm³/mol. The molecule has 3 rings (SSSR count). The first-order valence-electron chi connectivity index (χ1n) is 5.57. The summed E-state index contributed by atoms with van der Waals surface area (Å²) >= 11 is 0.